The molecule has 4 rings (SSSR count). The molecule has 7 atom stereocenters. The van der Waals surface area contributed by atoms with Crippen LogP contribution in [0.4, 0.5) is 0 Å². The summed E-state index contributed by atoms with van der Waals surface area (Å²) in [6.07, 6.45) is 7.56. The van der Waals surface area contributed by atoms with Crippen LogP contribution >= 0.6 is 0 Å². The number of carbonyl (C=O) groups excluding carboxylic acids is 1. The molecule has 4 aliphatic carbocycles. The lowest BCUT2D eigenvalue weighted by Crippen LogP contribution is -2.51. The third-order valence-corrected chi connectivity index (χ3v) is 7.94. The Balaban J connectivity index is 1.69. The summed E-state index contributed by atoms with van der Waals surface area (Å²) in [4.78, 5) is 11.8. The van der Waals surface area contributed by atoms with Gasteiger partial charge in [-0.25, -0.2) is 0 Å². The Bertz CT molecular complexity index is 539. The average Bonchev–Trinajstić information content (AvgIpc) is 2.72. The Morgan fingerprint density at radius 3 is 2.64 bits per heavy atom. The van der Waals surface area contributed by atoms with Gasteiger partial charge in [-0.2, -0.15) is 0 Å². The van der Waals surface area contributed by atoms with E-state index in [1.807, 2.05) is 6.08 Å². The maximum absolute atomic E-state index is 11.8. The zero-order valence-electron chi connectivity index (χ0n) is 13.7. The molecule has 0 radical (unpaired) electrons. The summed E-state index contributed by atoms with van der Waals surface area (Å²) >= 11 is 0. The Hall–Kier alpha value is -0.670. The lowest BCUT2D eigenvalue weighted by atomic mass is 9.47. The second kappa shape index (κ2) is 4.67. The van der Waals surface area contributed by atoms with Gasteiger partial charge in [-0.05, 0) is 73.2 Å². The summed E-state index contributed by atoms with van der Waals surface area (Å²) in [7, 11) is 0. The van der Waals surface area contributed by atoms with E-state index in [-0.39, 0.29) is 10.8 Å². The summed E-state index contributed by atoms with van der Waals surface area (Å²) in [6, 6.07) is 0. The zero-order chi connectivity index (χ0) is 15.7. The average molecular weight is 304 g/mol. The molecule has 4 aliphatic rings. The number of hydrogen-bond acceptors (Lipinski definition) is 3. The van der Waals surface area contributed by atoms with Crippen LogP contribution in [0, 0.1) is 28.6 Å². The van der Waals surface area contributed by atoms with E-state index in [2.05, 4.69) is 13.8 Å². The van der Waals surface area contributed by atoms with Crippen LogP contribution in [0.2, 0.25) is 0 Å². The van der Waals surface area contributed by atoms with Crippen LogP contribution in [-0.2, 0) is 4.79 Å². The van der Waals surface area contributed by atoms with Gasteiger partial charge >= 0.3 is 0 Å². The van der Waals surface area contributed by atoms with Gasteiger partial charge in [-0.1, -0.05) is 19.4 Å². The molecule has 122 valence electrons. The second-order valence-corrected chi connectivity index (χ2v) is 8.76. The van der Waals surface area contributed by atoms with E-state index >= 15 is 0 Å². The highest BCUT2D eigenvalue weighted by Crippen LogP contribution is 2.65. The predicted octanol–water partition coefficient (Wildman–Crippen LogP) is 2.85. The van der Waals surface area contributed by atoms with Crippen LogP contribution in [0.5, 0.6) is 0 Å². The van der Waals surface area contributed by atoms with Gasteiger partial charge in [0.1, 0.15) is 0 Å². The minimum absolute atomic E-state index is 0.108. The third kappa shape index (κ3) is 1.78. The first-order valence-electron chi connectivity index (χ1n) is 8.96. The molecule has 0 aromatic rings. The Labute approximate surface area is 132 Å². The third-order valence-electron chi connectivity index (χ3n) is 7.94. The number of aliphatic hydroxyl groups excluding tert-OH is 2. The van der Waals surface area contributed by atoms with Crippen molar-refractivity contribution in [3.05, 3.63) is 11.6 Å². The normalized spacial score (nSPS) is 54.3. The summed E-state index contributed by atoms with van der Waals surface area (Å²) in [5, 5.41) is 20.7. The summed E-state index contributed by atoms with van der Waals surface area (Å²) < 4.78 is 0. The van der Waals surface area contributed by atoms with Gasteiger partial charge in [-0.15, -0.1) is 0 Å². The first-order chi connectivity index (χ1) is 10.4. The molecule has 0 aliphatic heterocycles. The number of ketones is 1. The van der Waals surface area contributed by atoms with E-state index in [4.69, 9.17) is 0 Å². The van der Waals surface area contributed by atoms with Crippen molar-refractivity contribution >= 4 is 5.78 Å². The summed E-state index contributed by atoms with van der Waals surface area (Å²) in [6.45, 7) is 4.55. The molecule has 3 saturated carbocycles. The van der Waals surface area contributed by atoms with Crippen molar-refractivity contribution in [2.45, 2.75) is 71.0 Å². The smallest absolute Gasteiger partial charge is 0.155 e. The predicted molar refractivity (Wildman–Crippen MR) is 84.1 cm³/mol. The Kier molecular flexibility index (Phi) is 3.16. The molecular weight excluding hydrogens is 276 g/mol. The van der Waals surface area contributed by atoms with Gasteiger partial charge < -0.3 is 10.2 Å². The van der Waals surface area contributed by atoms with Gasteiger partial charge in [0.2, 0.25) is 0 Å². The molecule has 0 bridgehead atoms. The van der Waals surface area contributed by atoms with Crippen molar-refractivity contribution < 1.29 is 15.0 Å². The van der Waals surface area contributed by atoms with Crippen molar-refractivity contribution in [2.24, 2.45) is 28.6 Å². The SMILES string of the molecule is C[C@]12CC[C@@H]3[C@@H](CCC4=CC(=O)CC[C@@]43C)[C@@H]1C[C@@H](O)[C@@H]2O. The van der Waals surface area contributed by atoms with Crippen LogP contribution in [0.25, 0.3) is 0 Å². The molecule has 0 aromatic carbocycles. The molecule has 3 nitrogen and oxygen atoms in total. The lowest BCUT2D eigenvalue weighted by Gasteiger charge is -2.57. The van der Waals surface area contributed by atoms with Crippen molar-refractivity contribution in [3.63, 3.8) is 0 Å². The first kappa shape index (κ1) is 14.9. The summed E-state index contributed by atoms with van der Waals surface area (Å²) in [5.41, 5.74) is 1.45. The quantitative estimate of drug-likeness (QED) is 0.723. The highest BCUT2D eigenvalue weighted by molar-refractivity contribution is 5.91. The molecule has 3 fully saturated rings. The monoisotopic (exact) mass is 304 g/mol. The molecule has 22 heavy (non-hydrogen) atoms. The van der Waals surface area contributed by atoms with Crippen molar-refractivity contribution in [3.8, 4) is 0 Å². The number of rotatable bonds is 0. The van der Waals surface area contributed by atoms with Gasteiger partial charge in [0, 0.05) is 6.42 Å². The van der Waals surface area contributed by atoms with Crippen LogP contribution < -0.4 is 0 Å². The number of allylic oxidation sites excluding steroid dienone is 1. The molecule has 0 heterocycles. The van der Waals surface area contributed by atoms with Gasteiger partial charge in [0.05, 0.1) is 12.2 Å². The lowest BCUT2D eigenvalue weighted by molar-refractivity contribution is -0.118. The Morgan fingerprint density at radius 2 is 1.86 bits per heavy atom. The van der Waals surface area contributed by atoms with Gasteiger partial charge in [-0.3, -0.25) is 4.79 Å². The number of hydrogen-bond donors (Lipinski definition) is 2. The topological polar surface area (TPSA) is 57.5 Å². The number of fused-ring (bicyclic) bond motifs is 5. The van der Waals surface area contributed by atoms with Gasteiger partial charge in [0.25, 0.3) is 0 Å². The molecule has 0 amide bonds. The van der Waals surface area contributed by atoms with Crippen LogP contribution in [0.1, 0.15) is 58.8 Å². The standard InChI is InChI=1S/C19H28O3/c1-18-7-5-12(20)9-11(18)3-4-13-14(18)6-8-19(2)15(13)10-16(21)17(19)22/h9,13-17,21-22H,3-8,10H2,1-2H3/t13-,14-,15+,16-,17+,18+,19+/m1/s1. The molecule has 3 heteroatoms. The fraction of sp³-hybridized carbons (Fsp3) is 0.842. The van der Waals surface area contributed by atoms with Crippen LogP contribution in [0.3, 0.4) is 0 Å². The fourth-order valence-corrected chi connectivity index (χ4v) is 6.55. The van der Waals surface area contributed by atoms with E-state index in [1.54, 1.807) is 0 Å². The van der Waals surface area contributed by atoms with Crippen molar-refractivity contribution in [1.82, 2.24) is 0 Å². The van der Waals surface area contributed by atoms with E-state index in [0.717, 1.165) is 38.5 Å². The minimum Gasteiger partial charge on any atom is -0.390 e. The van der Waals surface area contributed by atoms with Crippen molar-refractivity contribution in [1.29, 1.82) is 0 Å². The molecule has 0 aromatic heterocycles. The highest BCUT2D eigenvalue weighted by atomic mass is 16.3. The van der Waals surface area contributed by atoms with E-state index in [1.165, 1.54) is 5.57 Å². The highest BCUT2D eigenvalue weighted by Gasteiger charge is 2.60. The largest absolute Gasteiger partial charge is 0.390 e. The molecule has 0 saturated heterocycles. The number of carbonyl (C=O) groups is 1. The fourth-order valence-electron chi connectivity index (χ4n) is 6.55. The zero-order valence-corrected chi connectivity index (χ0v) is 13.7. The summed E-state index contributed by atoms with van der Waals surface area (Å²) in [5.74, 6) is 1.96. The number of aliphatic hydroxyl groups is 2. The van der Waals surface area contributed by atoms with Crippen molar-refractivity contribution in [2.75, 3.05) is 0 Å². The van der Waals surface area contributed by atoms with E-state index in [0.29, 0.717) is 30.0 Å². The maximum atomic E-state index is 11.8. The Morgan fingerprint density at radius 1 is 1.09 bits per heavy atom. The van der Waals surface area contributed by atoms with E-state index < -0.39 is 12.2 Å². The van der Waals surface area contributed by atoms with Crippen LogP contribution in [0.15, 0.2) is 11.6 Å². The maximum Gasteiger partial charge on any atom is 0.155 e. The molecular formula is C19H28O3. The first-order valence-corrected chi connectivity index (χ1v) is 8.96. The molecule has 0 spiro atoms. The van der Waals surface area contributed by atoms with Gasteiger partial charge in [0.15, 0.2) is 5.78 Å². The molecule has 2 N–H and O–H groups in total. The minimum atomic E-state index is -0.559. The second-order valence-electron chi connectivity index (χ2n) is 8.76. The van der Waals surface area contributed by atoms with E-state index in [9.17, 15) is 15.0 Å². The molecule has 0 unspecified atom stereocenters. The van der Waals surface area contributed by atoms with Crippen LogP contribution in [-0.4, -0.2) is 28.2 Å².